The van der Waals surface area contributed by atoms with Gasteiger partial charge in [-0.15, -0.1) is 0 Å². The first-order valence-electron chi connectivity index (χ1n) is 2.88. The van der Waals surface area contributed by atoms with Gasteiger partial charge >= 0.3 is 7.60 Å². The van der Waals surface area contributed by atoms with Crippen molar-refractivity contribution in [3.63, 3.8) is 0 Å². The van der Waals surface area contributed by atoms with Crippen molar-refractivity contribution in [2.24, 2.45) is 0 Å². The van der Waals surface area contributed by atoms with E-state index in [0.29, 0.717) is 12.8 Å². The van der Waals surface area contributed by atoms with E-state index >= 15 is 0 Å². The maximum Gasteiger partial charge on any atom is 0.332 e. The second-order valence-corrected chi connectivity index (χ2v) is 4.09. The Bertz CT molecular complexity index is 117. The van der Waals surface area contributed by atoms with Crippen LogP contribution >= 0.6 is 7.60 Å². The second-order valence-electron chi connectivity index (χ2n) is 1.69. The third kappa shape index (κ3) is 3.32. The lowest BCUT2D eigenvalue weighted by molar-refractivity contribution is 0.202. The minimum Gasteiger partial charge on any atom is -0.384 e. The van der Waals surface area contributed by atoms with Gasteiger partial charge < -0.3 is 13.8 Å². The standard InChI is InChI=1S/C5H13O4P/c1-7-4-5-10(6,8-2)9-3/h4-5H2,1-3H3. The van der Waals surface area contributed by atoms with Gasteiger partial charge in [-0.05, 0) is 0 Å². The molecule has 0 aromatic heterocycles. The quantitative estimate of drug-likeness (QED) is 0.577. The van der Waals surface area contributed by atoms with E-state index < -0.39 is 7.60 Å². The van der Waals surface area contributed by atoms with Crippen molar-refractivity contribution in [2.75, 3.05) is 34.1 Å². The molecule has 0 rings (SSSR count). The summed E-state index contributed by atoms with van der Waals surface area (Å²) in [5.74, 6) is 0. The second kappa shape index (κ2) is 4.85. The van der Waals surface area contributed by atoms with Crippen LogP contribution in [0.2, 0.25) is 0 Å². The number of rotatable bonds is 5. The number of ether oxygens (including phenoxy) is 1. The average Bonchev–Trinajstić information content (AvgIpc) is 2.00. The fraction of sp³-hybridized carbons (Fsp3) is 1.00. The highest BCUT2D eigenvalue weighted by molar-refractivity contribution is 7.53. The maximum absolute atomic E-state index is 11.2. The minimum absolute atomic E-state index is 0.302. The zero-order chi connectivity index (χ0) is 8.04. The van der Waals surface area contributed by atoms with Crippen LogP contribution in [0.25, 0.3) is 0 Å². The Morgan fingerprint density at radius 1 is 1.20 bits per heavy atom. The van der Waals surface area contributed by atoms with E-state index in [1.165, 1.54) is 21.3 Å². The van der Waals surface area contributed by atoms with Gasteiger partial charge in [0.05, 0.1) is 12.8 Å². The first-order chi connectivity index (χ1) is 4.68. The molecule has 0 bridgehead atoms. The molecule has 0 atom stereocenters. The topological polar surface area (TPSA) is 44.8 Å². The molecule has 0 saturated heterocycles. The van der Waals surface area contributed by atoms with E-state index in [-0.39, 0.29) is 0 Å². The Morgan fingerprint density at radius 2 is 1.70 bits per heavy atom. The van der Waals surface area contributed by atoms with Gasteiger partial charge in [-0.25, -0.2) is 0 Å². The van der Waals surface area contributed by atoms with Crippen LogP contribution < -0.4 is 0 Å². The van der Waals surface area contributed by atoms with E-state index in [1.54, 1.807) is 0 Å². The van der Waals surface area contributed by atoms with Gasteiger partial charge in [0.2, 0.25) is 0 Å². The lowest BCUT2D eigenvalue weighted by atomic mass is 10.9. The van der Waals surface area contributed by atoms with Crippen molar-refractivity contribution in [3.8, 4) is 0 Å². The number of hydrogen-bond acceptors (Lipinski definition) is 4. The Labute approximate surface area is 61.0 Å². The summed E-state index contributed by atoms with van der Waals surface area (Å²) in [7, 11) is 1.44. The van der Waals surface area contributed by atoms with Crippen LogP contribution in [0.3, 0.4) is 0 Å². The molecule has 0 aromatic rings. The molecule has 0 aliphatic heterocycles. The molecule has 0 aliphatic rings. The van der Waals surface area contributed by atoms with E-state index in [4.69, 9.17) is 4.74 Å². The largest absolute Gasteiger partial charge is 0.384 e. The third-order valence-corrected chi connectivity index (χ3v) is 2.97. The summed E-state index contributed by atoms with van der Waals surface area (Å²) in [6, 6.07) is 0. The molecule has 0 unspecified atom stereocenters. The fourth-order valence-electron chi connectivity index (χ4n) is 0.460. The van der Waals surface area contributed by atoms with Crippen LogP contribution in [0.5, 0.6) is 0 Å². The Balaban J connectivity index is 3.70. The summed E-state index contributed by atoms with van der Waals surface area (Å²) in [5, 5.41) is 0. The van der Waals surface area contributed by atoms with Crippen LogP contribution in [0.1, 0.15) is 0 Å². The van der Waals surface area contributed by atoms with Crippen LogP contribution in [0, 0.1) is 0 Å². The van der Waals surface area contributed by atoms with Crippen LogP contribution in [-0.4, -0.2) is 34.1 Å². The number of hydrogen-bond donors (Lipinski definition) is 0. The van der Waals surface area contributed by atoms with Crippen LogP contribution in [-0.2, 0) is 18.3 Å². The molecule has 0 radical (unpaired) electrons. The van der Waals surface area contributed by atoms with Crippen molar-refractivity contribution >= 4 is 7.60 Å². The Morgan fingerprint density at radius 3 is 2.00 bits per heavy atom. The van der Waals surface area contributed by atoms with Gasteiger partial charge in [-0.3, -0.25) is 4.57 Å². The zero-order valence-corrected chi connectivity index (χ0v) is 7.39. The van der Waals surface area contributed by atoms with E-state index in [0.717, 1.165) is 0 Å². The molecule has 0 spiro atoms. The molecule has 0 N–H and O–H groups in total. The molecule has 4 nitrogen and oxygen atoms in total. The molecule has 62 valence electrons. The van der Waals surface area contributed by atoms with Gasteiger partial charge in [0, 0.05) is 21.3 Å². The average molecular weight is 168 g/mol. The van der Waals surface area contributed by atoms with Crippen LogP contribution in [0.4, 0.5) is 0 Å². The molecular weight excluding hydrogens is 155 g/mol. The lowest BCUT2D eigenvalue weighted by Gasteiger charge is -2.11. The molecule has 0 amide bonds. The molecule has 0 aromatic carbocycles. The normalized spacial score (nSPS) is 11.9. The molecule has 0 fully saturated rings. The molecule has 5 heteroatoms. The maximum atomic E-state index is 11.2. The summed E-state index contributed by atoms with van der Waals surface area (Å²) in [6.07, 6.45) is 0.302. The smallest absolute Gasteiger partial charge is 0.332 e. The molecule has 10 heavy (non-hydrogen) atoms. The highest BCUT2D eigenvalue weighted by Gasteiger charge is 2.19. The summed E-state index contributed by atoms with van der Waals surface area (Å²) < 4.78 is 25.2. The van der Waals surface area contributed by atoms with Crippen molar-refractivity contribution in [2.45, 2.75) is 0 Å². The minimum atomic E-state index is -2.82. The zero-order valence-electron chi connectivity index (χ0n) is 6.49. The third-order valence-electron chi connectivity index (χ3n) is 1.13. The van der Waals surface area contributed by atoms with E-state index in [9.17, 15) is 4.57 Å². The highest BCUT2D eigenvalue weighted by atomic mass is 31.2. The molecule has 0 aliphatic carbocycles. The van der Waals surface area contributed by atoms with Crippen molar-refractivity contribution in [1.82, 2.24) is 0 Å². The molecular formula is C5H13O4P. The fourth-order valence-corrected chi connectivity index (χ4v) is 1.38. The van der Waals surface area contributed by atoms with E-state index in [2.05, 4.69) is 9.05 Å². The van der Waals surface area contributed by atoms with Gasteiger partial charge in [0.15, 0.2) is 0 Å². The van der Waals surface area contributed by atoms with Gasteiger partial charge in [0.1, 0.15) is 0 Å². The predicted octanol–water partition coefficient (Wildman–Crippen LogP) is 1.12. The Hall–Kier alpha value is 0.110. The molecule has 0 heterocycles. The molecule has 0 saturated carbocycles. The van der Waals surface area contributed by atoms with Crippen molar-refractivity contribution in [3.05, 3.63) is 0 Å². The summed E-state index contributed by atoms with van der Waals surface area (Å²) in [5.41, 5.74) is 0. The summed E-state index contributed by atoms with van der Waals surface area (Å²) in [6.45, 7) is 0.388. The van der Waals surface area contributed by atoms with Gasteiger partial charge in [-0.2, -0.15) is 0 Å². The predicted molar refractivity (Wildman–Crippen MR) is 38.4 cm³/mol. The SMILES string of the molecule is COCCP(=O)(OC)OC. The van der Waals surface area contributed by atoms with Crippen molar-refractivity contribution in [1.29, 1.82) is 0 Å². The van der Waals surface area contributed by atoms with E-state index in [1.807, 2.05) is 0 Å². The summed E-state index contributed by atoms with van der Waals surface area (Å²) >= 11 is 0. The first-order valence-corrected chi connectivity index (χ1v) is 4.61. The monoisotopic (exact) mass is 168 g/mol. The van der Waals surface area contributed by atoms with Crippen LogP contribution in [0.15, 0.2) is 0 Å². The van der Waals surface area contributed by atoms with Crippen molar-refractivity contribution < 1.29 is 18.3 Å². The Kier molecular flexibility index (Phi) is 4.91. The number of methoxy groups -OCH3 is 1. The van der Waals surface area contributed by atoms with Gasteiger partial charge in [-0.1, -0.05) is 0 Å². The first kappa shape index (κ1) is 10.1. The van der Waals surface area contributed by atoms with Gasteiger partial charge in [0.25, 0.3) is 0 Å². The highest BCUT2D eigenvalue weighted by Crippen LogP contribution is 2.45. The lowest BCUT2D eigenvalue weighted by Crippen LogP contribution is -2.00. The summed E-state index contributed by atoms with van der Waals surface area (Å²) in [4.78, 5) is 0.